The molecule has 3 aromatic rings. The Kier molecular flexibility index (Phi) is 6.87. The molecule has 0 aliphatic carbocycles. The molecular weight excluding hydrogens is 420 g/mol. The molecule has 1 N–H and O–H groups in total. The number of carbonyl (C=O) groups is 1. The number of esters is 1. The molecule has 0 bridgehead atoms. The third-order valence-electron chi connectivity index (χ3n) is 4.43. The number of halogens is 1. The number of hydrogen-bond acceptors (Lipinski definition) is 5. The number of nitrogens with one attached hydrogen (secondary N) is 1. The maximum Gasteiger partial charge on any atom is 0.302 e. The summed E-state index contributed by atoms with van der Waals surface area (Å²) in [4.78, 5) is 11.3. The van der Waals surface area contributed by atoms with Crippen molar-refractivity contribution in [2.45, 2.75) is 32.7 Å². The lowest BCUT2D eigenvalue weighted by Gasteiger charge is -2.20. The summed E-state index contributed by atoms with van der Waals surface area (Å²) in [6.45, 7) is 3.60. The van der Waals surface area contributed by atoms with Gasteiger partial charge in [0.25, 0.3) is 0 Å². The number of rotatable bonds is 8. The molecule has 0 saturated heterocycles. The molecule has 0 aliphatic rings. The van der Waals surface area contributed by atoms with Gasteiger partial charge in [0.05, 0.1) is 6.04 Å². The standard InChI is InChI=1S/C22H23BrN2O3/c1-15-21(22(28-25-15)18-9-11-19(23)12-10-18)24-20(14-27-16(2)26)13-8-17-6-4-3-5-7-17/h3-7,9-12,20,24H,8,13-14H2,1-2H3. The number of aryl methyl sites for hydroxylation is 2. The molecule has 3 rings (SSSR count). The Balaban J connectivity index is 1.78. The number of ether oxygens (including phenoxy) is 1. The van der Waals surface area contributed by atoms with Crippen molar-refractivity contribution in [1.29, 1.82) is 0 Å². The van der Waals surface area contributed by atoms with Crippen LogP contribution in [0.2, 0.25) is 0 Å². The predicted octanol–water partition coefficient (Wildman–Crippen LogP) is 5.39. The van der Waals surface area contributed by atoms with Crippen molar-refractivity contribution < 1.29 is 14.1 Å². The van der Waals surface area contributed by atoms with Crippen molar-refractivity contribution in [2.24, 2.45) is 0 Å². The van der Waals surface area contributed by atoms with E-state index in [-0.39, 0.29) is 18.6 Å². The highest BCUT2D eigenvalue weighted by molar-refractivity contribution is 9.10. The van der Waals surface area contributed by atoms with Crippen LogP contribution in [0.1, 0.15) is 24.6 Å². The average molecular weight is 443 g/mol. The molecule has 146 valence electrons. The van der Waals surface area contributed by atoms with Crippen molar-refractivity contribution in [2.75, 3.05) is 11.9 Å². The summed E-state index contributed by atoms with van der Waals surface area (Å²) in [6, 6.07) is 18.1. The van der Waals surface area contributed by atoms with Gasteiger partial charge in [-0.05, 0) is 49.6 Å². The van der Waals surface area contributed by atoms with Gasteiger partial charge < -0.3 is 14.6 Å². The summed E-state index contributed by atoms with van der Waals surface area (Å²) in [5.74, 6) is 0.388. The number of benzene rings is 2. The van der Waals surface area contributed by atoms with Gasteiger partial charge in [0.15, 0.2) is 5.76 Å². The fourth-order valence-electron chi connectivity index (χ4n) is 2.94. The minimum absolute atomic E-state index is 0.0589. The second-order valence-corrected chi connectivity index (χ2v) is 7.56. The molecule has 1 aromatic heterocycles. The van der Waals surface area contributed by atoms with E-state index in [0.29, 0.717) is 5.76 Å². The fraction of sp³-hybridized carbons (Fsp3) is 0.273. The molecular formula is C22H23BrN2O3. The normalized spacial score (nSPS) is 11.8. The van der Waals surface area contributed by atoms with Crippen molar-refractivity contribution in [3.63, 3.8) is 0 Å². The molecule has 6 heteroatoms. The largest absolute Gasteiger partial charge is 0.464 e. The lowest BCUT2D eigenvalue weighted by atomic mass is 10.0. The summed E-state index contributed by atoms with van der Waals surface area (Å²) >= 11 is 3.45. The third-order valence-corrected chi connectivity index (χ3v) is 4.96. The van der Waals surface area contributed by atoms with Gasteiger partial charge in [0.1, 0.15) is 18.0 Å². The Labute approximate surface area is 173 Å². The summed E-state index contributed by atoms with van der Waals surface area (Å²) in [5.41, 5.74) is 3.77. The van der Waals surface area contributed by atoms with E-state index < -0.39 is 0 Å². The zero-order valence-corrected chi connectivity index (χ0v) is 17.5. The summed E-state index contributed by atoms with van der Waals surface area (Å²) in [6.07, 6.45) is 1.68. The SMILES string of the molecule is CC(=O)OCC(CCc1ccccc1)Nc1c(C)noc1-c1ccc(Br)cc1. The van der Waals surface area contributed by atoms with Crippen LogP contribution in [0.15, 0.2) is 63.6 Å². The van der Waals surface area contributed by atoms with E-state index in [9.17, 15) is 4.79 Å². The number of hydrogen-bond donors (Lipinski definition) is 1. The van der Waals surface area contributed by atoms with E-state index in [1.807, 2.05) is 49.4 Å². The number of aromatic nitrogens is 1. The van der Waals surface area contributed by atoms with Crippen LogP contribution < -0.4 is 5.32 Å². The van der Waals surface area contributed by atoms with Crippen molar-refractivity contribution >= 4 is 27.6 Å². The molecule has 2 aromatic carbocycles. The molecule has 0 fully saturated rings. The van der Waals surface area contributed by atoms with Crippen LogP contribution in [0.5, 0.6) is 0 Å². The smallest absolute Gasteiger partial charge is 0.302 e. The fourth-order valence-corrected chi connectivity index (χ4v) is 3.21. The first-order valence-corrected chi connectivity index (χ1v) is 9.98. The second-order valence-electron chi connectivity index (χ2n) is 6.65. The molecule has 1 atom stereocenters. The minimum atomic E-state index is -0.290. The van der Waals surface area contributed by atoms with Crippen molar-refractivity contribution in [3.05, 3.63) is 70.3 Å². The Hall–Kier alpha value is -2.60. The number of anilines is 1. The highest BCUT2D eigenvalue weighted by Gasteiger charge is 2.19. The van der Waals surface area contributed by atoms with E-state index in [1.165, 1.54) is 12.5 Å². The molecule has 1 unspecified atom stereocenters. The molecule has 0 amide bonds. The van der Waals surface area contributed by atoms with Gasteiger partial charge >= 0.3 is 5.97 Å². The summed E-state index contributed by atoms with van der Waals surface area (Å²) < 4.78 is 11.9. The second kappa shape index (κ2) is 9.55. The Bertz CT molecular complexity index is 907. The lowest BCUT2D eigenvalue weighted by molar-refractivity contribution is -0.141. The highest BCUT2D eigenvalue weighted by atomic mass is 79.9. The van der Waals surface area contributed by atoms with Crippen molar-refractivity contribution in [1.82, 2.24) is 5.16 Å². The van der Waals surface area contributed by atoms with E-state index in [1.54, 1.807) is 0 Å². The molecule has 5 nitrogen and oxygen atoms in total. The van der Waals surface area contributed by atoms with Gasteiger partial charge in [-0.2, -0.15) is 0 Å². The number of nitrogens with zero attached hydrogens (tertiary/aromatic N) is 1. The topological polar surface area (TPSA) is 64.4 Å². The minimum Gasteiger partial charge on any atom is -0.464 e. The van der Waals surface area contributed by atoms with Gasteiger partial charge in [0, 0.05) is 17.0 Å². The maximum absolute atomic E-state index is 11.3. The molecule has 0 spiro atoms. The van der Waals surface area contributed by atoms with Gasteiger partial charge in [-0.3, -0.25) is 4.79 Å². The maximum atomic E-state index is 11.3. The van der Waals surface area contributed by atoms with Crippen LogP contribution in [0, 0.1) is 6.92 Å². The third kappa shape index (κ3) is 5.45. The average Bonchev–Trinajstić information content (AvgIpc) is 3.05. The first-order valence-electron chi connectivity index (χ1n) is 9.19. The lowest BCUT2D eigenvalue weighted by Crippen LogP contribution is -2.27. The Morgan fingerprint density at radius 2 is 1.89 bits per heavy atom. The zero-order valence-electron chi connectivity index (χ0n) is 15.9. The first kappa shape index (κ1) is 20.1. The molecule has 0 saturated carbocycles. The van der Waals surface area contributed by atoms with E-state index in [2.05, 4.69) is 38.5 Å². The monoisotopic (exact) mass is 442 g/mol. The van der Waals surface area contributed by atoms with Gasteiger partial charge in [0.2, 0.25) is 0 Å². The Morgan fingerprint density at radius 1 is 1.18 bits per heavy atom. The van der Waals surface area contributed by atoms with Crippen LogP contribution in [-0.2, 0) is 16.0 Å². The highest BCUT2D eigenvalue weighted by Crippen LogP contribution is 2.32. The van der Waals surface area contributed by atoms with Gasteiger partial charge in [-0.1, -0.05) is 51.4 Å². The summed E-state index contributed by atoms with van der Waals surface area (Å²) in [5, 5.41) is 7.61. The van der Waals surface area contributed by atoms with Crippen LogP contribution in [0.3, 0.4) is 0 Å². The molecule has 28 heavy (non-hydrogen) atoms. The zero-order chi connectivity index (χ0) is 19.9. The molecule has 1 heterocycles. The van der Waals surface area contributed by atoms with Crippen LogP contribution >= 0.6 is 15.9 Å². The van der Waals surface area contributed by atoms with E-state index in [0.717, 1.165) is 34.3 Å². The Morgan fingerprint density at radius 3 is 2.57 bits per heavy atom. The van der Waals surface area contributed by atoms with E-state index >= 15 is 0 Å². The quantitative estimate of drug-likeness (QED) is 0.473. The summed E-state index contributed by atoms with van der Waals surface area (Å²) in [7, 11) is 0. The number of carbonyl (C=O) groups excluding carboxylic acids is 1. The van der Waals surface area contributed by atoms with E-state index in [4.69, 9.17) is 9.26 Å². The van der Waals surface area contributed by atoms with Gasteiger partial charge in [-0.25, -0.2) is 0 Å². The van der Waals surface area contributed by atoms with Crippen LogP contribution in [0.4, 0.5) is 5.69 Å². The van der Waals surface area contributed by atoms with Crippen molar-refractivity contribution in [3.8, 4) is 11.3 Å². The van der Waals surface area contributed by atoms with Crippen LogP contribution in [0.25, 0.3) is 11.3 Å². The predicted molar refractivity (Wildman–Crippen MR) is 113 cm³/mol. The van der Waals surface area contributed by atoms with Gasteiger partial charge in [-0.15, -0.1) is 0 Å². The first-order chi connectivity index (χ1) is 13.5. The van der Waals surface area contributed by atoms with Crippen LogP contribution in [-0.4, -0.2) is 23.8 Å². The molecule has 0 aliphatic heterocycles. The molecule has 0 radical (unpaired) electrons.